The molecule has 1 aliphatic carbocycles. The van der Waals surface area contributed by atoms with Crippen LogP contribution in [-0.4, -0.2) is 30.2 Å². The highest BCUT2D eigenvalue weighted by Crippen LogP contribution is 2.32. The van der Waals surface area contributed by atoms with Crippen LogP contribution in [0.25, 0.3) is 0 Å². The third-order valence-electron chi connectivity index (χ3n) is 4.39. The van der Waals surface area contributed by atoms with Gasteiger partial charge in [0, 0.05) is 18.7 Å². The maximum absolute atomic E-state index is 10.4. The highest BCUT2D eigenvalue weighted by atomic mass is 16.3. The van der Waals surface area contributed by atoms with E-state index < -0.39 is 0 Å². The molecule has 0 saturated heterocycles. The van der Waals surface area contributed by atoms with Crippen LogP contribution in [0.3, 0.4) is 0 Å². The second-order valence-electron chi connectivity index (χ2n) is 5.82. The minimum absolute atomic E-state index is 0.195. The second kappa shape index (κ2) is 5.83. The van der Waals surface area contributed by atoms with Gasteiger partial charge in [-0.2, -0.15) is 0 Å². The van der Waals surface area contributed by atoms with Crippen LogP contribution in [0.15, 0.2) is 33.4 Å². The number of aliphatic imine (C=N–C) groups is 2. The van der Waals surface area contributed by atoms with Gasteiger partial charge in [0.05, 0.1) is 11.8 Å². The average Bonchev–Trinajstić information content (AvgIpc) is 2.48. The molecule has 3 nitrogen and oxygen atoms in total. The number of aliphatic hydroxyl groups excluding tert-OH is 1. The van der Waals surface area contributed by atoms with Crippen molar-refractivity contribution in [1.29, 1.82) is 0 Å². The van der Waals surface area contributed by atoms with Crippen molar-refractivity contribution >= 4 is 12.4 Å². The van der Waals surface area contributed by atoms with E-state index in [1.54, 1.807) is 0 Å². The summed E-state index contributed by atoms with van der Waals surface area (Å²) in [5.41, 5.74) is 2.47. The van der Waals surface area contributed by atoms with Gasteiger partial charge < -0.3 is 5.11 Å². The van der Waals surface area contributed by atoms with E-state index in [1.165, 1.54) is 5.57 Å². The topological polar surface area (TPSA) is 45.0 Å². The van der Waals surface area contributed by atoms with Gasteiger partial charge in [-0.05, 0) is 56.2 Å². The van der Waals surface area contributed by atoms with Crippen molar-refractivity contribution in [2.24, 2.45) is 21.8 Å². The predicted molar refractivity (Wildman–Crippen MR) is 78.7 cm³/mol. The molecule has 2 aliphatic heterocycles. The summed E-state index contributed by atoms with van der Waals surface area (Å²) in [6, 6.07) is 0. The van der Waals surface area contributed by atoms with Gasteiger partial charge in [-0.15, -0.1) is 0 Å². The minimum atomic E-state index is -0.260. The number of fused-ring (bicyclic) bond motifs is 1. The quantitative estimate of drug-likeness (QED) is 0.831. The van der Waals surface area contributed by atoms with Crippen LogP contribution >= 0.6 is 0 Å². The Morgan fingerprint density at radius 3 is 3.05 bits per heavy atom. The molecule has 0 aromatic heterocycles. The Balaban J connectivity index is 1.61. The normalized spacial score (nSPS) is 31.4. The predicted octanol–water partition coefficient (Wildman–Crippen LogP) is 2.91. The van der Waals surface area contributed by atoms with Crippen LogP contribution in [0.1, 0.15) is 38.5 Å². The van der Waals surface area contributed by atoms with Crippen molar-refractivity contribution in [3.63, 3.8) is 0 Å². The Hall–Kier alpha value is -1.22. The summed E-state index contributed by atoms with van der Waals surface area (Å²) in [5.74, 6) is 0.790. The van der Waals surface area contributed by atoms with Gasteiger partial charge in [0.2, 0.25) is 0 Å². The molecule has 2 heterocycles. The van der Waals surface area contributed by atoms with E-state index in [1.807, 2.05) is 12.4 Å². The molecule has 0 amide bonds. The van der Waals surface area contributed by atoms with E-state index in [2.05, 4.69) is 22.1 Å². The van der Waals surface area contributed by atoms with E-state index in [-0.39, 0.29) is 12.0 Å². The number of rotatable bonds is 3. The van der Waals surface area contributed by atoms with Crippen molar-refractivity contribution < 1.29 is 5.11 Å². The Morgan fingerprint density at radius 1 is 1.32 bits per heavy atom. The molecule has 102 valence electrons. The molecule has 3 atom stereocenters. The molecule has 1 N–H and O–H groups in total. The van der Waals surface area contributed by atoms with Gasteiger partial charge in [-0.25, -0.2) is 0 Å². The molecule has 0 spiro atoms. The molecule has 0 fully saturated rings. The molecule has 3 unspecified atom stereocenters. The van der Waals surface area contributed by atoms with Gasteiger partial charge in [0.25, 0.3) is 0 Å². The zero-order chi connectivity index (χ0) is 13.1. The summed E-state index contributed by atoms with van der Waals surface area (Å²) in [5, 5.41) is 10.4. The van der Waals surface area contributed by atoms with Crippen LogP contribution < -0.4 is 0 Å². The third-order valence-corrected chi connectivity index (χ3v) is 4.39. The van der Waals surface area contributed by atoms with Crippen molar-refractivity contribution in [1.82, 2.24) is 0 Å². The SMILES string of the molecule is OC(CC1CC=NCC1)C1C=NC2=CCCC=C2C1. The maximum atomic E-state index is 10.4. The van der Waals surface area contributed by atoms with Crippen molar-refractivity contribution in [2.45, 2.75) is 44.6 Å². The first-order valence-corrected chi connectivity index (χ1v) is 7.43. The highest BCUT2D eigenvalue weighted by Gasteiger charge is 2.26. The first-order valence-electron chi connectivity index (χ1n) is 7.43. The van der Waals surface area contributed by atoms with Crippen LogP contribution in [0.5, 0.6) is 0 Å². The molecule has 0 bridgehead atoms. The standard InChI is InChI=1S/C16H22N2O/c19-16(9-12-5-7-17-8-6-12)14-10-13-3-1-2-4-15(13)18-11-14/h3-4,7,11-12,14,16,19H,1-2,5-6,8-10H2. The van der Waals surface area contributed by atoms with E-state index in [4.69, 9.17) is 0 Å². The lowest BCUT2D eigenvalue weighted by atomic mass is 9.83. The molecule has 0 saturated carbocycles. The van der Waals surface area contributed by atoms with Crippen LogP contribution in [0, 0.1) is 11.8 Å². The number of allylic oxidation sites excluding steroid dienone is 3. The first kappa shape index (κ1) is 12.8. The van der Waals surface area contributed by atoms with Gasteiger partial charge in [-0.1, -0.05) is 12.2 Å². The number of aliphatic hydroxyl groups is 1. The number of hydrogen-bond donors (Lipinski definition) is 1. The molecule has 0 aromatic carbocycles. The summed E-state index contributed by atoms with van der Waals surface area (Å²) in [6.07, 6.45) is 14.4. The number of nitrogens with zero attached hydrogens (tertiary/aromatic N) is 2. The molecule has 3 heteroatoms. The summed E-state index contributed by atoms with van der Waals surface area (Å²) in [7, 11) is 0. The van der Waals surface area contributed by atoms with Gasteiger partial charge in [-0.3, -0.25) is 9.98 Å². The summed E-state index contributed by atoms with van der Waals surface area (Å²) < 4.78 is 0. The summed E-state index contributed by atoms with van der Waals surface area (Å²) in [4.78, 5) is 8.78. The Morgan fingerprint density at radius 2 is 2.21 bits per heavy atom. The Bertz CT molecular complexity index is 448. The van der Waals surface area contributed by atoms with Crippen molar-refractivity contribution in [3.8, 4) is 0 Å². The molecular weight excluding hydrogens is 236 g/mol. The van der Waals surface area contributed by atoms with Crippen LogP contribution in [-0.2, 0) is 0 Å². The van der Waals surface area contributed by atoms with Crippen LogP contribution in [0.2, 0.25) is 0 Å². The fourth-order valence-corrected chi connectivity index (χ4v) is 3.18. The smallest absolute Gasteiger partial charge is 0.0623 e. The monoisotopic (exact) mass is 258 g/mol. The second-order valence-corrected chi connectivity index (χ2v) is 5.82. The number of hydrogen-bond acceptors (Lipinski definition) is 3. The lowest BCUT2D eigenvalue weighted by Gasteiger charge is -2.28. The van der Waals surface area contributed by atoms with Crippen molar-refractivity contribution in [2.75, 3.05) is 6.54 Å². The van der Waals surface area contributed by atoms with Gasteiger partial charge in [0.1, 0.15) is 0 Å². The molecule has 19 heavy (non-hydrogen) atoms. The van der Waals surface area contributed by atoms with Crippen LogP contribution in [0.4, 0.5) is 0 Å². The summed E-state index contributed by atoms with van der Waals surface area (Å²) in [6.45, 7) is 0.925. The van der Waals surface area contributed by atoms with Gasteiger partial charge in [0.15, 0.2) is 0 Å². The summed E-state index contributed by atoms with van der Waals surface area (Å²) >= 11 is 0. The molecular formula is C16H22N2O. The molecule has 0 aromatic rings. The Labute approximate surface area is 114 Å². The molecule has 0 radical (unpaired) electrons. The lowest BCUT2D eigenvalue weighted by molar-refractivity contribution is 0.109. The highest BCUT2D eigenvalue weighted by molar-refractivity contribution is 5.68. The molecule has 3 rings (SSSR count). The van der Waals surface area contributed by atoms with E-state index in [9.17, 15) is 5.11 Å². The van der Waals surface area contributed by atoms with E-state index in [0.717, 1.165) is 50.8 Å². The minimum Gasteiger partial charge on any atom is -0.392 e. The Kier molecular flexibility index (Phi) is 3.92. The molecule has 3 aliphatic rings. The maximum Gasteiger partial charge on any atom is 0.0623 e. The third kappa shape index (κ3) is 3.03. The zero-order valence-corrected chi connectivity index (χ0v) is 11.3. The van der Waals surface area contributed by atoms with E-state index >= 15 is 0 Å². The average molecular weight is 258 g/mol. The fraction of sp³-hybridized carbons (Fsp3) is 0.625. The zero-order valence-electron chi connectivity index (χ0n) is 11.3. The fourth-order valence-electron chi connectivity index (χ4n) is 3.18. The van der Waals surface area contributed by atoms with E-state index in [0.29, 0.717) is 5.92 Å². The van der Waals surface area contributed by atoms with Crippen molar-refractivity contribution in [3.05, 3.63) is 23.4 Å². The lowest BCUT2D eigenvalue weighted by Crippen LogP contribution is -2.28. The first-order chi connectivity index (χ1) is 9.33. The van der Waals surface area contributed by atoms with Gasteiger partial charge >= 0.3 is 0 Å². The largest absolute Gasteiger partial charge is 0.392 e.